The molecule has 1 fully saturated rings. The summed E-state index contributed by atoms with van der Waals surface area (Å²) in [4.78, 5) is 22.8. The first-order valence-electron chi connectivity index (χ1n) is 6.80. The second kappa shape index (κ2) is 7.36. The van der Waals surface area contributed by atoms with Crippen molar-refractivity contribution < 1.29 is 14.7 Å². The average molecular weight is 256 g/mol. The van der Waals surface area contributed by atoms with E-state index in [2.05, 4.69) is 5.32 Å². The summed E-state index contributed by atoms with van der Waals surface area (Å²) in [7, 11) is 0. The van der Waals surface area contributed by atoms with Gasteiger partial charge in [0.1, 0.15) is 0 Å². The number of carboxylic acids is 1. The van der Waals surface area contributed by atoms with Gasteiger partial charge in [-0.15, -0.1) is 0 Å². The zero-order chi connectivity index (χ0) is 13.5. The maximum absolute atomic E-state index is 12.1. The zero-order valence-corrected chi connectivity index (χ0v) is 11.0. The third kappa shape index (κ3) is 5.04. The molecule has 1 aliphatic carbocycles. The number of aliphatic carboxylic acids is 1. The van der Waals surface area contributed by atoms with E-state index in [-0.39, 0.29) is 30.3 Å². The average Bonchev–Trinajstić information content (AvgIpc) is 2.28. The van der Waals surface area contributed by atoms with Crippen molar-refractivity contribution in [3.05, 3.63) is 0 Å². The lowest BCUT2D eigenvalue weighted by Crippen LogP contribution is -2.43. The van der Waals surface area contributed by atoms with Crippen molar-refractivity contribution in [1.29, 1.82) is 0 Å². The highest BCUT2D eigenvalue weighted by Gasteiger charge is 2.27. The van der Waals surface area contributed by atoms with Crippen molar-refractivity contribution in [3.8, 4) is 0 Å². The molecule has 0 bridgehead atoms. The minimum atomic E-state index is -0.867. The van der Waals surface area contributed by atoms with Crippen molar-refractivity contribution in [2.75, 3.05) is 0 Å². The topological polar surface area (TPSA) is 92.4 Å². The van der Waals surface area contributed by atoms with E-state index in [0.717, 1.165) is 32.1 Å². The van der Waals surface area contributed by atoms with Crippen molar-refractivity contribution in [2.24, 2.45) is 11.7 Å². The summed E-state index contributed by atoms with van der Waals surface area (Å²) in [5.74, 6) is -0.930. The van der Waals surface area contributed by atoms with Gasteiger partial charge in [0.15, 0.2) is 0 Å². The molecule has 0 heterocycles. The van der Waals surface area contributed by atoms with Gasteiger partial charge in [-0.3, -0.25) is 9.59 Å². The molecule has 1 aliphatic rings. The fraction of sp³-hybridized carbons (Fsp3) is 0.846. The molecular formula is C13H24N2O3. The van der Waals surface area contributed by atoms with Gasteiger partial charge < -0.3 is 16.2 Å². The molecule has 0 saturated heterocycles. The fourth-order valence-corrected chi connectivity index (χ4v) is 2.57. The highest BCUT2D eigenvalue weighted by Crippen LogP contribution is 2.23. The Bertz CT molecular complexity index is 294. The minimum Gasteiger partial charge on any atom is -0.481 e. The molecule has 0 radical (unpaired) electrons. The van der Waals surface area contributed by atoms with E-state index in [9.17, 15) is 9.59 Å². The number of carboxylic acid groups (broad SMARTS) is 1. The number of rotatable bonds is 6. The quantitative estimate of drug-likeness (QED) is 0.667. The Balaban J connectivity index is 2.46. The molecule has 3 atom stereocenters. The lowest BCUT2D eigenvalue weighted by atomic mass is 9.85. The van der Waals surface area contributed by atoms with Crippen LogP contribution in [0, 0.1) is 5.92 Å². The summed E-state index contributed by atoms with van der Waals surface area (Å²) in [6.07, 6.45) is 5.12. The summed E-state index contributed by atoms with van der Waals surface area (Å²) in [5.41, 5.74) is 5.86. The Morgan fingerprint density at radius 3 is 2.72 bits per heavy atom. The molecule has 1 rings (SSSR count). The van der Waals surface area contributed by atoms with Crippen LogP contribution in [0.3, 0.4) is 0 Å². The monoisotopic (exact) mass is 256 g/mol. The Hall–Kier alpha value is -1.10. The predicted octanol–water partition coefficient (Wildman–Crippen LogP) is 1.26. The summed E-state index contributed by atoms with van der Waals surface area (Å²) in [6, 6.07) is -0.142. The van der Waals surface area contributed by atoms with Crippen LogP contribution in [0.15, 0.2) is 0 Å². The molecule has 1 saturated carbocycles. The molecule has 0 aliphatic heterocycles. The van der Waals surface area contributed by atoms with Gasteiger partial charge in [-0.05, 0) is 25.7 Å². The van der Waals surface area contributed by atoms with E-state index in [4.69, 9.17) is 10.8 Å². The molecule has 0 aromatic rings. The lowest BCUT2D eigenvalue weighted by molar-refractivity contribution is -0.138. The van der Waals surface area contributed by atoms with Crippen molar-refractivity contribution in [2.45, 2.75) is 64.0 Å². The minimum absolute atomic E-state index is 0.00163. The van der Waals surface area contributed by atoms with Crippen LogP contribution < -0.4 is 11.1 Å². The van der Waals surface area contributed by atoms with Gasteiger partial charge in [0, 0.05) is 18.0 Å². The van der Waals surface area contributed by atoms with E-state index in [0.29, 0.717) is 6.42 Å². The third-order valence-corrected chi connectivity index (χ3v) is 3.49. The Morgan fingerprint density at radius 1 is 1.44 bits per heavy atom. The first-order chi connectivity index (χ1) is 8.52. The molecule has 0 spiro atoms. The summed E-state index contributed by atoms with van der Waals surface area (Å²) >= 11 is 0. The van der Waals surface area contributed by atoms with Crippen LogP contribution in [-0.4, -0.2) is 29.1 Å². The van der Waals surface area contributed by atoms with Crippen molar-refractivity contribution in [1.82, 2.24) is 5.32 Å². The van der Waals surface area contributed by atoms with E-state index >= 15 is 0 Å². The normalized spacial score (nSPS) is 25.4. The molecular weight excluding hydrogens is 232 g/mol. The second-order valence-corrected chi connectivity index (χ2v) is 5.22. The van der Waals surface area contributed by atoms with Gasteiger partial charge >= 0.3 is 5.97 Å². The highest BCUT2D eigenvalue weighted by atomic mass is 16.4. The predicted molar refractivity (Wildman–Crippen MR) is 69.0 cm³/mol. The molecule has 1 amide bonds. The molecule has 0 aromatic heterocycles. The Labute approximate surface area is 108 Å². The van der Waals surface area contributed by atoms with Crippen molar-refractivity contribution >= 4 is 11.9 Å². The smallest absolute Gasteiger partial charge is 0.305 e. The van der Waals surface area contributed by atoms with Gasteiger partial charge in [0.25, 0.3) is 0 Å². The SMILES string of the molecule is CCCC(CC(=O)O)NC(=O)C1CCCC(N)C1. The molecule has 5 heteroatoms. The zero-order valence-electron chi connectivity index (χ0n) is 11.0. The number of carbonyl (C=O) groups excluding carboxylic acids is 1. The fourth-order valence-electron chi connectivity index (χ4n) is 2.57. The molecule has 3 unspecified atom stereocenters. The molecule has 0 aromatic carbocycles. The van der Waals surface area contributed by atoms with Gasteiger partial charge in [0.05, 0.1) is 6.42 Å². The largest absolute Gasteiger partial charge is 0.481 e. The van der Waals surface area contributed by atoms with Crippen LogP contribution >= 0.6 is 0 Å². The standard InChI is InChI=1S/C13H24N2O3/c1-2-4-11(8-12(16)17)15-13(18)9-5-3-6-10(14)7-9/h9-11H,2-8,14H2,1H3,(H,15,18)(H,16,17). The summed E-state index contributed by atoms with van der Waals surface area (Å²) < 4.78 is 0. The van der Waals surface area contributed by atoms with Crippen molar-refractivity contribution in [3.63, 3.8) is 0 Å². The van der Waals surface area contributed by atoms with Gasteiger partial charge in [-0.1, -0.05) is 19.8 Å². The van der Waals surface area contributed by atoms with Crippen LogP contribution in [0.2, 0.25) is 0 Å². The van der Waals surface area contributed by atoms with Crippen LogP contribution in [0.4, 0.5) is 0 Å². The molecule has 18 heavy (non-hydrogen) atoms. The molecule has 104 valence electrons. The molecule has 5 nitrogen and oxygen atoms in total. The Morgan fingerprint density at radius 2 is 2.17 bits per heavy atom. The summed E-state index contributed by atoms with van der Waals surface area (Å²) in [6.45, 7) is 1.98. The van der Waals surface area contributed by atoms with E-state index in [1.54, 1.807) is 0 Å². The van der Waals surface area contributed by atoms with E-state index in [1.807, 2.05) is 6.92 Å². The van der Waals surface area contributed by atoms with E-state index in [1.165, 1.54) is 0 Å². The maximum Gasteiger partial charge on any atom is 0.305 e. The second-order valence-electron chi connectivity index (χ2n) is 5.22. The maximum atomic E-state index is 12.1. The van der Waals surface area contributed by atoms with E-state index < -0.39 is 5.97 Å². The summed E-state index contributed by atoms with van der Waals surface area (Å²) in [5, 5.41) is 11.7. The number of hydrogen-bond donors (Lipinski definition) is 3. The van der Waals surface area contributed by atoms with Gasteiger partial charge in [-0.2, -0.15) is 0 Å². The Kier molecular flexibility index (Phi) is 6.12. The number of nitrogens with two attached hydrogens (primary N) is 1. The van der Waals surface area contributed by atoms with Crippen LogP contribution in [0.25, 0.3) is 0 Å². The number of carbonyl (C=O) groups is 2. The number of amides is 1. The highest BCUT2D eigenvalue weighted by molar-refractivity contribution is 5.80. The van der Waals surface area contributed by atoms with Crippen LogP contribution in [0.5, 0.6) is 0 Å². The lowest BCUT2D eigenvalue weighted by Gasteiger charge is -2.27. The first kappa shape index (κ1) is 15.0. The molecule has 4 N–H and O–H groups in total. The van der Waals surface area contributed by atoms with Crippen LogP contribution in [-0.2, 0) is 9.59 Å². The van der Waals surface area contributed by atoms with Gasteiger partial charge in [0.2, 0.25) is 5.91 Å². The number of hydrogen-bond acceptors (Lipinski definition) is 3. The first-order valence-corrected chi connectivity index (χ1v) is 6.80. The van der Waals surface area contributed by atoms with Crippen LogP contribution in [0.1, 0.15) is 51.9 Å². The number of nitrogens with one attached hydrogen (secondary N) is 1. The third-order valence-electron chi connectivity index (χ3n) is 3.49. The van der Waals surface area contributed by atoms with Gasteiger partial charge in [-0.25, -0.2) is 0 Å².